The monoisotopic (exact) mass is 407 g/mol. The minimum Gasteiger partial charge on any atom is -0.488 e. The molecule has 3 N–H and O–H groups in total. The molecule has 1 aromatic heterocycles. The molecule has 0 spiro atoms. The molecule has 2 heterocycles. The summed E-state index contributed by atoms with van der Waals surface area (Å²) >= 11 is 0. The van der Waals surface area contributed by atoms with Crippen molar-refractivity contribution in [2.75, 3.05) is 29.5 Å². The van der Waals surface area contributed by atoms with Crippen LogP contribution in [0.1, 0.15) is 26.0 Å². The number of ether oxygens (including phenoxy) is 1. The summed E-state index contributed by atoms with van der Waals surface area (Å²) in [6.07, 6.45) is 3.05. The highest BCUT2D eigenvalue weighted by molar-refractivity contribution is 7.85. The van der Waals surface area contributed by atoms with E-state index in [1.54, 1.807) is 6.08 Å². The molecular weight excluding hydrogens is 381 g/mol. The number of anilines is 1. The molecule has 1 aliphatic carbocycles. The number of hydrogen-bond acceptors (Lipinski definition) is 7. The third kappa shape index (κ3) is 4.65. The van der Waals surface area contributed by atoms with Gasteiger partial charge in [-0.15, -0.1) is 0 Å². The van der Waals surface area contributed by atoms with Crippen molar-refractivity contribution in [3.8, 4) is 0 Å². The molecule has 1 saturated heterocycles. The summed E-state index contributed by atoms with van der Waals surface area (Å²) in [4.78, 5) is 10.8. The van der Waals surface area contributed by atoms with Gasteiger partial charge in [0.05, 0.1) is 17.8 Å². The van der Waals surface area contributed by atoms with Crippen molar-refractivity contribution >= 4 is 22.2 Å². The maximum atomic E-state index is 14.4. The van der Waals surface area contributed by atoms with Gasteiger partial charge in [-0.3, -0.25) is 15.5 Å². The third-order valence-corrected chi connectivity index (χ3v) is 5.96. The number of halogens is 1. The van der Waals surface area contributed by atoms with Crippen LogP contribution >= 0.6 is 0 Å². The Morgan fingerprint density at radius 2 is 2.14 bits per heavy atom. The van der Waals surface area contributed by atoms with Crippen LogP contribution in [0, 0.1) is 0 Å². The Hall–Kier alpha value is -2.10. The van der Waals surface area contributed by atoms with Crippen molar-refractivity contribution in [2.24, 2.45) is 5.84 Å². The Kier molecular flexibility index (Phi) is 6.58. The van der Waals surface area contributed by atoms with Gasteiger partial charge in [-0.25, -0.2) is 14.4 Å². The molecule has 7 nitrogen and oxygen atoms in total. The summed E-state index contributed by atoms with van der Waals surface area (Å²) in [7, 11) is -0.760. The Morgan fingerprint density at radius 1 is 1.43 bits per heavy atom. The zero-order valence-electron chi connectivity index (χ0n) is 16.2. The van der Waals surface area contributed by atoms with Gasteiger partial charge in [0.2, 0.25) is 0 Å². The van der Waals surface area contributed by atoms with E-state index in [4.69, 9.17) is 10.6 Å². The van der Waals surface area contributed by atoms with Crippen LogP contribution in [0.4, 0.5) is 10.2 Å². The molecule has 3 rings (SSSR count). The van der Waals surface area contributed by atoms with Gasteiger partial charge in [0.15, 0.2) is 5.76 Å². The molecule has 0 aromatic carbocycles. The molecule has 1 fully saturated rings. The number of nitrogens with two attached hydrogens (primary N) is 1. The van der Waals surface area contributed by atoms with Crippen LogP contribution in [0.25, 0.3) is 5.57 Å². The fraction of sp³-hybridized carbons (Fsp3) is 0.474. The lowest BCUT2D eigenvalue weighted by Gasteiger charge is -2.28. The molecule has 1 aliphatic heterocycles. The van der Waals surface area contributed by atoms with E-state index in [0.717, 1.165) is 11.4 Å². The van der Waals surface area contributed by atoms with Gasteiger partial charge in [0, 0.05) is 47.9 Å². The molecule has 0 amide bonds. The summed E-state index contributed by atoms with van der Waals surface area (Å²) in [6, 6.07) is 1.42. The molecular formula is C19H26FN5O2S. The molecule has 152 valence electrons. The lowest BCUT2D eigenvalue weighted by Crippen LogP contribution is -2.39. The maximum absolute atomic E-state index is 14.4. The first-order valence-electron chi connectivity index (χ1n) is 9.23. The maximum Gasteiger partial charge on any atom is 0.151 e. The highest BCUT2D eigenvalue weighted by Crippen LogP contribution is 2.34. The van der Waals surface area contributed by atoms with Crippen molar-refractivity contribution in [2.45, 2.75) is 32.4 Å². The number of hydrogen-bond donors (Lipinski definition) is 2. The van der Waals surface area contributed by atoms with E-state index in [1.165, 1.54) is 6.33 Å². The largest absolute Gasteiger partial charge is 0.488 e. The van der Waals surface area contributed by atoms with Gasteiger partial charge in [0.1, 0.15) is 18.0 Å². The van der Waals surface area contributed by atoms with Crippen LogP contribution in [0.15, 0.2) is 42.2 Å². The Morgan fingerprint density at radius 3 is 2.79 bits per heavy atom. The molecule has 9 heteroatoms. The van der Waals surface area contributed by atoms with Crippen molar-refractivity contribution in [1.29, 1.82) is 0 Å². The molecule has 1 aromatic rings. The first-order chi connectivity index (χ1) is 13.4. The number of rotatable bonds is 6. The summed E-state index contributed by atoms with van der Waals surface area (Å²) in [5.74, 6) is 7.52. The average Bonchev–Trinajstić information content (AvgIpc) is 2.69. The van der Waals surface area contributed by atoms with Gasteiger partial charge >= 0.3 is 0 Å². The van der Waals surface area contributed by atoms with Crippen LogP contribution in [0.2, 0.25) is 0 Å². The van der Waals surface area contributed by atoms with Gasteiger partial charge in [-0.05, 0) is 31.1 Å². The lowest BCUT2D eigenvalue weighted by atomic mass is 9.90. The third-order valence-electron chi connectivity index (χ3n) is 4.69. The highest BCUT2D eigenvalue weighted by Gasteiger charge is 2.27. The summed E-state index contributed by atoms with van der Waals surface area (Å²) in [5, 5.41) is 0. The Labute approximate surface area is 167 Å². The van der Waals surface area contributed by atoms with E-state index in [0.29, 0.717) is 35.9 Å². The Balaban J connectivity index is 1.87. The standard InChI is InChI=1S/C19H26FN5O2S/c1-12(2)27-18-8-14(17(24-21)9-15(18)20)13(3)16-10-19(23-11-22-16)25-4-6-28(26)7-5-25/h8,10-12,17,24H,3-7,9,21H2,1-2H3/t17-/m1/s1. The van der Waals surface area contributed by atoms with Crippen LogP contribution in [-0.4, -0.2) is 50.9 Å². The number of nitrogens with one attached hydrogen (secondary N) is 1. The van der Waals surface area contributed by atoms with E-state index in [-0.39, 0.29) is 24.1 Å². The van der Waals surface area contributed by atoms with E-state index >= 15 is 0 Å². The number of aromatic nitrogens is 2. The summed E-state index contributed by atoms with van der Waals surface area (Å²) in [5.41, 5.74) is 4.63. The summed E-state index contributed by atoms with van der Waals surface area (Å²) in [6.45, 7) is 9.22. The van der Waals surface area contributed by atoms with Crippen LogP contribution in [0.3, 0.4) is 0 Å². The van der Waals surface area contributed by atoms with Crippen LogP contribution < -0.4 is 16.2 Å². The van der Waals surface area contributed by atoms with Gasteiger partial charge in [0.25, 0.3) is 0 Å². The van der Waals surface area contributed by atoms with Crippen molar-refractivity contribution in [1.82, 2.24) is 15.4 Å². The molecule has 2 aliphatic rings. The van der Waals surface area contributed by atoms with Gasteiger partial charge in [-0.2, -0.15) is 0 Å². The van der Waals surface area contributed by atoms with E-state index in [1.807, 2.05) is 19.9 Å². The average molecular weight is 408 g/mol. The predicted molar refractivity (Wildman–Crippen MR) is 109 cm³/mol. The van der Waals surface area contributed by atoms with Crippen molar-refractivity contribution < 1.29 is 13.3 Å². The quantitative estimate of drug-likeness (QED) is 0.549. The van der Waals surface area contributed by atoms with E-state index in [9.17, 15) is 8.60 Å². The smallest absolute Gasteiger partial charge is 0.151 e. The number of allylic oxidation sites excluding steroid dienone is 1. The predicted octanol–water partition coefficient (Wildman–Crippen LogP) is 1.83. The first-order valence-corrected chi connectivity index (χ1v) is 10.7. The van der Waals surface area contributed by atoms with E-state index < -0.39 is 16.8 Å². The first kappa shape index (κ1) is 20.6. The van der Waals surface area contributed by atoms with E-state index in [2.05, 4.69) is 26.9 Å². The van der Waals surface area contributed by atoms with Crippen LogP contribution in [0.5, 0.6) is 0 Å². The zero-order chi connectivity index (χ0) is 20.3. The molecule has 0 unspecified atom stereocenters. The lowest BCUT2D eigenvalue weighted by molar-refractivity contribution is 0.146. The second kappa shape index (κ2) is 8.93. The topological polar surface area (TPSA) is 93.4 Å². The Bertz CT molecular complexity index is 829. The SMILES string of the molecule is C=C(C1=CC(OC(C)C)=C(F)C[C@H]1NN)c1cc(N2CCS(=O)CC2)ncn1. The minimum absolute atomic E-state index is 0.0826. The molecule has 1 atom stereocenters. The minimum atomic E-state index is -0.760. The van der Waals surface area contributed by atoms with Gasteiger partial charge < -0.3 is 9.64 Å². The summed E-state index contributed by atoms with van der Waals surface area (Å²) < 4.78 is 31.5. The molecule has 28 heavy (non-hydrogen) atoms. The van der Waals surface area contributed by atoms with Crippen LogP contribution in [-0.2, 0) is 15.5 Å². The fourth-order valence-electron chi connectivity index (χ4n) is 3.21. The fourth-order valence-corrected chi connectivity index (χ4v) is 4.26. The van der Waals surface area contributed by atoms with Crippen molar-refractivity contribution in [3.05, 3.63) is 47.9 Å². The molecule has 0 radical (unpaired) electrons. The number of nitrogens with zero attached hydrogens (tertiary/aromatic N) is 3. The normalized spacial score (nSPS) is 21.1. The van der Waals surface area contributed by atoms with Gasteiger partial charge in [-0.1, -0.05) is 6.58 Å². The number of hydrazine groups is 1. The second-order valence-corrected chi connectivity index (χ2v) is 8.73. The highest BCUT2D eigenvalue weighted by atomic mass is 32.2. The zero-order valence-corrected chi connectivity index (χ0v) is 17.0. The molecule has 0 saturated carbocycles. The van der Waals surface area contributed by atoms with Crippen molar-refractivity contribution in [3.63, 3.8) is 0 Å². The second-order valence-electron chi connectivity index (χ2n) is 7.03. The molecule has 0 bridgehead atoms.